The van der Waals surface area contributed by atoms with Crippen molar-refractivity contribution in [3.05, 3.63) is 18.5 Å². The van der Waals surface area contributed by atoms with E-state index in [9.17, 15) is 9.59 Å². The van der Waals surface area contributed by atoms with Crippen molar-refractivity contribution in [2.24, 2.45) is 5.92 Å². The summed E-state index contributed by atoms with van der Waals surface area (Å²) in [5, 5.41) is 0. The molecule has 8 heteroatoms. The molecule has 136 valence electrons. The van der Waals surface area contributed by atoms with Gasteiger partial charge in [-0.05, 0) is 18.9 Å². The highest BCUT2D eigenvalue weighted by molar-refractivity contribution is 5.81. The van der Waals surface area contributed by atoms with E-state index in [1.807, 2.05) is 4.90 Å². The van der Waals surface area contributed by atoms with Crippen molar-refractivity contribution in [3.8, 4) is 0 Å². The highest BCUT2D eigenvalue weighted by Crippen LogP contribution is 2.21. The second-order valence-electron chi connectivity index (χ2n) is 6.82. The molecule has 1 atom stereocenters. The Morgan fingerprint density at radius 3 is 2.36 bits per heavy atom. The van der Waals surface area contributed by atoms with E-state index in [1.165, 1.54) is 0 Å². The quantitative estimate of drug-likeness (QED) is 0.781. The molecular weight excluding hydrogens is 320 g/mol. The van der Waals surface area contributed by atoms with Gasteiger partial charge in [0.2, 0.25) is 11.9 Å². The van der Waals surface area contributed by atoms with Gasteiger partial charge >= 0.3 is 6.03 Å². The van der Waals surface area contributed by atoms with Crippen LogP contribution in [0.3, 0.4) is 0 Å². The number of piperazine rings is 1. The summed E-state index contributed by atoms with van der Waals surface area (Å²) in [4.78, 5) is 40.9. The van der Waals surface area contributed by atoms with Gasteiger partial charge < -0.3 is 19.6 Å². The minimum atomic E-state index is -0.0859. The van der Waals surface area contributed by atoms with Crippen molar-refractivity contribution in [1.82, 2.24) is 24.7 Å². The van der Waals surface area contributed by atoms with Crippen LogP contribution in [0.25, 0.3) is 0 Å². The Balaban J connectivity index is 1.54. The number of carbonyl (C=O) groups excluding carboxylic acids is 2. The van der Waals surface area contributed by atoms with E-state index in [0.717, 1.165) is 38.4 Å². The van der Waals surface area contributed by atoms with Crippen LogP contribution < -0.4 is 4.90 Å². The molecule has 1 aromatic heterocycles. The lowest BCUT2D eigenvalue weighted by atomic mass is 9.96. The van der Waals surface area contributed by atoms with Crippen molar-refractivity contribution < 1.29 is 9.59 Å². The normalized spacial score (nSPS) is 21.2. The minimum absolute atomic E-state index is 0.0106. The van der Waals surface area contributed by atoms with Gasteiger partial charge in [0.1, 0.15) is 0 Å². The largest absolute Gasteiger partial charge is 0.339 e. The predicted octanol–water partition coefficient (Wildman–Crippen LogP) is 0.519. The van der Waals surface area contributed by atoms with Crippen molar-refractivity contribution in [1.29, 1.82) is 0 Å². The fourth-order valence-corrected chi connectivity index (χ4v) is 3.47. The van der Waals surface area contributed by atoms with Crippen LogP contribution in [0.2, 0.25) is 0 Å². The maximum Gasteiger partial charge on any atom is 0.319 e. The van der Waals surface area contributed by atoms with Gasteiger partial charge in [-0.1, -0.05) is 0 Å². The number of hydrogen-bond acceptors (Lipinski definition) is 5. The van der Waals surface area contributed by atoms with Gasteiger partial charge in [0.25, 0.3) is 0 Å². The highest BCUT2D eigenvalue weighted by Gasteiger charge is 2.33. The third-order valence-electron chi connectivity index (χ3n) is 4.85. The Morgan fingerprint density at radius 2 is 1.72 bits per heavy atom. The summed E-state index contributed by atoms with van der Waals surface area (Å²) in [6.45, 7) is 4.09. The average Bonchev–Trinajstić information content (AvgIpc) is 2.67. The second kappa shape index (κ2) is 7.67. The predicted molar refractivity (Wildman–Crippen MR) is 94.2 cm³/mol. The van der Waals surface area contributed by atoms with Gasteiger partial charge in [0.15, 0.2) is 0 Å². The van der Waals surface area contributed by atoms with Gasteiger partial charge in [-0.25, -0.2) is 14.8 Å². The molecule has 25 heavy (non-hydrogen) atoms. The van der Waals surface area contributed by atoms with Crippen LogP contribution in [-0.4, -0.2) is 90.0 Å². The first-order chi connectivity index (χ1) is 12.1. The van der Waals surface area contributed by atoms with Crippen LogP contribution >= 0.6 is 0 Å². The van der Waals surface area contributed by atoms with Crippen molar-refractivity contribution in [2.75, 3.05) is 58.3 Å². The number of hydrogen-bond donors (Lipinski definition) is 0. The monoisotopic (exact) mass is 346 g/mol. The molecule has 3 amide bonds. The summed E-state index contributed by atoms with van der Waals surface area (Å²) >= 11 is 0. The molecular formula is C17H26N6O2. The number of nitrogens with zero attached hydrogens (tertiary/aromatic N) is 6. The molecule has 0 bridgehead atoms. The van der Waals surface area contributed by atoms with E-state index in [0.29, 0.717) is 19.6 Å². The number of anilines is 1. The number of likely N-dealkylation sites (tertiary alicyclic amines) is 1. The molecule has 2 saturated heterocycles. The van der Waals surface area contributed by atoms with E-state index in [2.05, 4.69) is 14.9 Å². The number of amides is 3. The molecule has 0 radical (unpaired) electrons. The van der Waals surface area contributed by atoms with Crippen LogP contribution in [0.15, 0.2) is 18.5 Å². The molecule has 0 spiro atoms. The third kappa shape index (κ3) is 4.00. The van der Waals surface area contributed by atoms with E-state index < -0.39 is 0 Å². The van der Waals surface area contributed by atoms with Crippen LogP contribution in [0.4, 0.5) is 10.7 Å². The molecule has 2 aliphatic heterocycles. The smallest absolute Gasteiger partial charge is 0.319 e. The molecule has 2 fully saturated rings. The first-order valence-electron chi connectivity index (χ1n) is 8.83. The molecule has 0 aliphatic carbocycles. The highest BCUT2D eigenvalue weighted by atomic mass is 16.2. The summed E-state index contributed by atoms with van der Waals surface area (Å²) in [6.07, 6.45) is 5.21. The van der Waals surface area contributed by atoms with Crippen LogP contribution in [0.1, 0.15) is 12.8 Å². The molecule has 1 aromatic rings. The number of rotatable bonds is 2. The van der Waals surface area contributed by atoms with E-state index in [4.69, 9.17) is 0 Å². The van der Waals surface area contributed by atoms with Gasteiger partial charge in [0.05, 0.1) is 5.92 Å². The number of aromatic nitrogens is 2. The molecule has 8 nitrogen and oxygen atoms in total. The maximum atomic E-state index is 12.9. The fraction of sp³-hybridized carbons (Fsp3) is 0.647. The topological polar surface area (TPSA) is 72.9 Å². The SMILES string of the molecule is CN(C)C(=O)N1CCC[C@@H](C(=O)N2CCN(c3ncccn3)CC2)C1. The van der Waals surface area contributed by atoms with E-state index in [1.54, 1.807) is 42.4 Å². The molecule has 0 saturated carbocycles. The Morgan fingerprint density at radius 1 is 1.04 bits per heavy atom. The molecule has 3 rings (SSSR count). The van der Waals surface area contributed by atoms with Gasteiger partial charge in [-0.2, -0.15) is 0 Å². The van der Waals surface area contributed by atoms with Crippen LogP contribution in [-0.2, 0) is 4.79 Å². The maximum absolute atomic E-state index is 12.9. The average molecular weight is 346 g/mol. The lowest BCUT2D eigenvalue weighted by Crippen LogP contribution is -2.54. The summed E-state index contributed by atoms with van der Waals surface area (Å²) < 4.78 is 0. The summed E-state index contributed by atoms with van der Waals surface area (Å²) in [6, 6.07) is 1.79. The molecule has 0 aromatic carbocycles. The summed E-state index contributed by atoms with van der Waals surface area (Å²) in [5.41, 5.74) is 0. The Hall–Kier alpha value is -2.38. The molecule has 3 heterocycles. The van der Waals surface area contributed by atoms with E-state index in [-0.39, 0.29) is 17.9 Å². The second-order valence-corrected chi connectivity index (χ2v) is 6.82. The standard InChI is InChI=1S/C17H26N6O2/c1-20(2)17(25)23-8-3-5-14(13-23)15(24)21-9-11-22(12-10-21)16-18-6-4-7-19-16/h4,6-7,14H,3,5,8-13H2,1-2H3/t14-/m1/s1. The zero-order valence-electron chi connectivity index (χ0n) is 15.0. The zero-order valence-corrected chi connectivity index (χ0v) is 15.0. The third-order valence-corrected chi connectivity index (χ3v) is 4.85. The van der Waals surface area contributed by atoms with Gasteiger partial charge in [-0.3, -0.25) is 4.79 Å². The lowest BCUT2D eigenvalue weighted by molar-refractivity contribution is -0.137. The van der Waals surface area contributed by atoms with Crippen molar-refractivity contribution in [3.63, 3.8) is 0 Å². The zero-order chi connectivity index (χ0) is 17.8. The molecule has 2 aliphatic rings. The van der Waals surface area contributed by atoms with E-state index >= 15 is 0 Å². The number of piperidine rings is 1. The lowest BCUT2D eigenvalue weighted by Gasteiger charge is -2.39. The number of urea groups is 1. The first kappa shape index (κ1) is 17.4. The van der Waals surface area contributed by atoms with Crippen LogP contribution in [0.5, 0.6) is 0 Å². The minimum Gasteiger partial charge on any atom is -0.339 e. The van der Waals surface area contributed by atoms with Crippen molar-refractivity contribution >= 4 is 17.9 Å². The molecule has 0 N–H and O–H groups in total. The Bertz CT molecular complexity index is 600. The van der Waals surface area contributed by atoms with Crippen LogP contribution in [0, 0.1) is 5.92 Å². The fourth-order valence-electron chi connectivity index (χ4n) is 3.47. The summed E-state index contributed by atoms with van der Waals surface area (Å²) in [7, 11) is 3.50. The number of carbonyl (C=O) groups is 2. The molecule has 0 unspecified atom stereocenters. The van der Waals surface area contributed by atoms with Gasteiger partial charge in [-0.15, -0.1) is 0 Å². The summed E-state index contributed by atoms with van der Waals surface area (Å²) in [5.74, 6) is 0.803. The van der Waals surface area contributed by atoms with Gasteiger partial charge in [0, 0.05) is 65.8 Å². The Labute approximate surface area is 148 Å². The first-order valence-corrected chi connectivity index (χ1v) is 8.83. The Kier molecular flexibility index (Phi) is 5.35. The van der Waals surface area contributed by atoms with Crippen molar-refractivity contribution in [2.45, 2.75) is 12.8 Å².